The minimum absolute atomic E-state index is 0.0415. The second-order valence-corrected chi connectivity index (χ2v) is 7.43. The van der Waals surface area contributed by atoms with Gasteiger partial charge in [0.05, 0.1) is 0 Å². The van der Waals surface area contributed by atoms with E-state index in [9.17, 15) is 4.79 Å². The molecule has 4 fully saturated rings. The Morgan fingerprint density at radius 2 is 1.77 bits per heavy atom. The van der Waals surface area contributed by atoms with Gasteiger partial charge in [0, 0.05) is 30.3 Å². The fourth-order valence-electron chi connectivity index (χ4n) is 4.70. The third-order valence-corrected chi connectivity index (χ3v) is 5.72. The van der Waals surface area contributed by atoms with Crippen molar-refractivity contribution in [1.29, 1.82) is 0 Å². The SMILES string of the molecule is BC(C(=O)Nc1ccc(Cl)cc1)=C1C2CC3CC1CN(C3)C2. The van der Waals surface area contributed by atoms with Gasteiger partial charge >= 0.3 is 0 Å². The van der Waals surface area contributed by atoms with Crippen LogP contribution in [0, 0.1) is 17.8 Å². The minimum atomic E-state index is 0.0415. The van der Waals surface area contributed by atoms with E-state index in [0.29, 0.717) is 16.9 Å². The highest BCUT2D eigenvalue weighted by molar-refractivity contribution is 6.39. The summed E-state index contributed by atoms with van der Waals surface area (Å²) in [6.45, 7) is 3.57. The van der Waals surface area contributed by atoms with Crippen LogP contribution in [0.15, 0.2) is 35.3 Å². The van der Waals surface area contributed by atoms with E-state index >= 15 is 0 Å². The summed E-state index contributed by atoms with van der Waals surface area (Å²) in [5, 5.41) is 3.69. The lowest BCUT2D eigenvalue weighted by Crippen LogP contribution is -2.55. The third-order valence-electron chi connectivity index (χ3n) is 5.46. The normalized spacial score (nSPS) is 32.1. The second-order valence-electron chi connectivity index (χ2n) is 6.99. The van der Waals surface area contributed by atoms with Crippen LogP contribution < -0.4 is 5.32 Å². The Labute approximate surface area is 137 Å². The molecule has 4 bridgehead atoms. The summed E-state index contributed by atoms with van der Waals surface area (Å²) in [5.74, 6) is 2.10. The zero-order valence-electron chi connectivity index (χ0n) is 12.8. The average molecular weight is 315 g/mol. The van der Waals surface area contributed by atoms with Crippen LogP contribution in [0.25, 0.3) is 0 Å². The zero-order chi connectivity index (χ0) is 15.3. The van der Waals surface area contributed by atoms with Crippen LogP contribution in [0.1, 0.15) is 12.8 Å². The molecule has 2 atom stereocenters. The van der Waals surface area contributed by atoms with Crippen molar-refractivity contribution in [3.8, 4) is 0 Å². The second kappa shape index (κ2) is 5.43. The molecular formula is C17H20BClN2O. The third kappa shape index (κ3) is 2.48. The molecular weight excluding hydrogens is 294 g/mol. The van der Waals surface area contributed by atoms with Crippen LogP contribution in [0.2, 0.25) is 5.02 Å². The Hall–Kier alpha value is -1.26. The number of amides is 1. The van der Waals surface area contributed by atoms with Gasteiger partial charge in [0.2, 0.25) is 5.91 Å². The largest absolute Gasteiger partial charge is 0.323 e. The van der Waals surface area contributed by atoms with Crippen molar-refractivity contribution in [2.24, 2.45) is 17.8 Å². The van der Waals surface area contributed by atoms with E-state index in [-0.39, 0.29) is 5.91 Å². The molecule has 3 heterocycles. The van der Waals surface area contributed by atoms with E-state index in [1.54, 1.807) is 12.1 Å². The Kier molecular flexibility index (Phi) is 3.54. The Morgan fingerprint density at radius 1 is 1.14 bits per heavy atom. The van der Waals surface area contributed by atoms with E-state index in [4.69, 9.17) is 11.6 Å². The van der Waals surface area contributed by atoms with Crippen LogP contribution in [0.4, 0.5) is 5.69 Å². The van der Waals surface area contributed by atoms with Crippen molar-refractivity contribution >= 4 is 31.0 Å². The maximum Gasteiger partial charge on any atom is 0.241 e. The summed E-state index contributed by atoms with van der Waals surface area (Å²) in [7, 11) is 2.00. The Balaban J connectivity index is 1.56. The number of hydrogen-bond acceptors (Lipinski definition) is 2. The predicted molar refractivity (Wildman–Crippen MR) is 91.8 cm³/mol. The molecule has 1 aliphatic carbocycles. The fraction of sp³-hybridized carbons (Fsp3) is 0.471. The molecule has 22 heavy (non-hydrogen) atoms. The van der Waals surface area contributed by atoms with E-state index in [1.807, 2.05) is 20.0 Å². The van der Waals surface area contributed by atoms with Crippen molar-refractivity contribution in [1.82, 2.24) is 4.90 Å². The predicted octanol–water partition coefficient (Wildman–Crippen LogP) is 2.14. The van der Waals surface area contributed by atoms with Crippen LogP contribution in [-0.4, -0.2) is 38.3 Å². The summed E-state index contributed by atoms with van der Waals surface area (Å²) in [6.07, 6.45) is 2.54. The first-order valence-electron chi connectivity index (χ1n) is 8.10. The standard InChI is InChI=1S/C17H20BClN2O/c18-16(17(22)20-14-3-1-13(19)2-4-14)15-11-5-10-6-12(15)9-21(7-10)8-11/h1-4,10-12H,5-9,18H2,(H,20,22). The Morgan fingerprint density at radius 3 is 2.36 bits per heavy atom. The van der Waals surface area contributed by atoms with Gasteiger partial charge in [0.25, 0.3) is 0 Å². The highest BCUT2D eigenvalue weighted by Crippen LogP contribution is 2.47. The average Bonchev–Trinajstić information content (AvgIpc) is 2.48. The van der Waals surface area contributed by atoms with Gasteiger partial charge in [-0.2, -0.15) is 0 Å². The first-order valence-corrected chi connectivity index (χ1v) is 8.48. The van der Waals surface area contributed by atoms with Crippen molar-refractivity contribution in [3.63, 3.8) is 0 Å². The molecule has 3 nitrogen and oxygen atoms in total. The molecule has 3 aliphatic heterocycles. The van der Waals surface area contributed by atoms with Gasteiger partial charge in [-0.1, -0.05) is 17.2 Å². The van der Waals surface area contributed by atoms with Gasteiger partial charge in [-0.3, -0.25) is 4.79 Å². The van der Waals surface area contributed by atoms with Crippen LogP contribution >= 0.6 is 11.6 Å². The lowest BCUT2D eigenvalue weighted by Gasteiger charge is -2.53. The molecule has 0 spiro atoms. The molecule has 1 aromatic carbocycles. The Bertz CT molecular complexity index is 611. The van der Waals surface area contributed by atoms with Crippen molar-refractivity contribution in [2.45, 2.75) is 12.8 Å². The molecule has 1 aromatic rings. The molecule has 0 radical (unpaired) electrons. The number of nitrogens with zero attached hydrogens (tertiary/aromatic N) is 1. The summed E-state index contributed by atoms with van der Waals surface area (Å²) in [4.78, 5) is 15.2. The van der Waals surface area contributed by atoms with Gasteiger partial charge in [0.15, 0.2) is 0 Å². The van der Waals surface area contributed by atoms with Gasteiger partial charge in [0.1, 0.15) is 7.85 Å². The topological polar surface area (TPSA) is 32.3 Å². The number of carbonyl (C=O) groups excluding carboxylic acids is 1. The molecule has 1 saturated carbocycles. The number of halogens is 1. The lowest BCUT2D eigenvalue weighted by atomic mass is 9.62. The molecule has 5 heteroatoms. The number of carbonyl (C=O) groups is 1. The molecule has 0 aromatic heterocycles. The van der Waals surface area contributed by atoms with E-state index in [0.717, 1.165) is 30.2 Å². The molecule has 4 aliphatic rings. The van der Waals surface area contributed by atoms with Crippen molar-refractivity contribution in [3.05, 3.63) is 40.3 Å². The number of nitrogens with one attached hydrogen (secondary N) is 1. The van der Waals surface area contributed by atoms with Crippen LogP contribution in [0.5, 0.6) is 0 Å². The van der Waals surface area contributed by atoms with Gasteiger partial charge in [-0.25, -0.2) is 0 Å². The van der Waals surface area contributed by atoms with E-state index in [2.05, 4.69) is 10.2 Å². The van der Waals surface area contributed by atoms with Crippen LogP contribution in [0.3, 0.4) is 0 Å². The van der Waals surface area contributed by atoms with Gasteiger partial charge in [-0.05, 0) is 60.3 Å². The van der Waals surface area contributed by atoms with E-state index in [1.165, 1.54) is 25.0 Å². The number of hydrogen-bond donors (Lipinski definition) is 1. The quantitative estimate of drug-likeness (QED) is 0.670. The zero-order valence-corrected chi connectivity index (χ0v) is 13.6. The van der Waals surface area contributed by atoms with Crippen LogP contribution in [-0.2, 0) is 4.79 Å². The fourth-order valence-corrected chi connectivity index (χ4v) is 4.82. The summed E-state index contributed by atoms with van der Waals surface area (Å²) in [6, 6.07) is 7.30. The highest BCUT2D eigenvalue weighted by atomic mass is 35.5. The smallest absolute Gasteiger partial charge is 0.241 e. The first-order chi connectivity index (χ1) is 10.6. The van der Waals surface area contributed by atoms with E-state index < -0.39 is 0 Å². The molecule has 3 saturated heterocycles. The molecule has 5 rings (SSSR count). The lowest BCUT2D eigenvalue weighted by molar-refractivity contribution is -0.112. The molecule has 114 valence electrons. The molecule has 2 unspecified atom stereocenters. The molecule has 1 N–H and O–H groups in total. The minimum Gasteiger partial charge on any atom is -0.323 e. The highest BCUT2D eigenvalue weighted by Gasteiger charge is 2.45. The van der Waals surface area contributed by atoms with Gasteiger partial charge < -0.3 is 10.2 Å². The van der Waals surface area contributed by atoms with Gasteiger partial charge in [-0.15, -0.1) is 0 Å². The summed E-state index contributed by atoms with van der Waals surface area (Å²) < 4.78 is 0. The summed E-state index contributed by atoms with van der Waals surface area (Å²) in [5.41, 5.74) is 3.17. The molecule has 1 amide bonds. The first kappa shape index (κ1) is 14.3. The summed E-state index contributed by atoms with van der Waals surface area (Å²) >= 11 is 5.89. The maximum absolute atomic E-state index is 12.6. The number of benzene rings is 1. The maximum atomic E-state index is 12.6. The van der Waals surface area contributed by atoms with Crippen molar-refractivity contribution in [2.75, 3.05) is 25.0 Å². The monoisotopic (exact) mass is 314 g/mol. The van der Waals surface area contributed by atoms with Crippen molar-refractivity contribution < 1.29 is 4.79 Å². The number of anilines is 1. The number of piperidine rings is 3. The number of rotatable bonds is 2.